The third-order valence-corrected chi connectivity index (χ3v) is 5.82. The Bertz CT molecular complexity index is 1480. The van der Waals surface area contributed by atoms with Crippen molar-refractivity contribution in [3.8, 4) is 39.9 Å². The van der Waals surface area contributed by atoms with Crippen molar-refractivity contribution in [1.29, 1.82) is 0 Å². The zero-order valence-corrected chi connectivity index (χ0v) is 20.0. The van der Waals surface area contributed by atoms with Crippen molar-refractivity contribution in [1.82, 2.24) is 15.1 Å². The van der Waals surface area contributed by atoms with E-state index in [1.54, 1.807) is 37.4 Å². The Hall–Kier alpha value is -5.06. The quantitative estimate of drug-likeness (QED) is 0.282. The van der Waals surface area contributed by atoms with Crippen LogP contribution in [-0.4, -0.2) is 41.6 Å². The first-order chi connectivity index (χ1) is 18.0. The highest BCUT2D eigenvalue weighted by Crippen LogP contribution is 2.34. The molecule has 1 amide bonds. The minimum atomic E-state index is -0.487. The number of aromatic nitrogens is 2. The van der Waals surface area contributed by atoms with Gasteiger partial charge < -0.3 is 24.3 Å². The fourth-order valence-corrected chi connectivity index (χ4v) is 3.92. The second-order valence-electron chi connectivity index (χ2n) is 8.04. The Morgan fingerprint density at radius 3 is 2.54 bits per heavy atom. The lowest BCUT2D eigenvalue weighted by Gasteiger charge is -2.09. The highest BCUT2D eigenvalue weighted by Gasteiger charge is 2.21. The van der Waals surface area contributed by atoms with Crippen molar-refractivity contribution in [3.63, 3.8) is 0 Å². The van der Waals surface area contributed by atoms with Crippen LogP contribution in [0.4, 0.5) is 5.69 Å². The molecule has 0 saturated carbocycles. The maximum absolute atomic E-state index is 13.3. The molecule has 2 heterocycles. The number of nitrogens with one attached hydrogen (secondary N) is 1. The van der Waals surface area contributed by atoms with Gasteiger partial charge in [-0.2, -0.15) is 5.10 Å². The SMILES string of the molecule is COc1ccc(-c2cc(C(=O)NCc3ccc4c(c3)OCO4)n(-c3ccc([N+](=O)[O-])cc3)n2)c(OC)c1. The molecule has 0 fully saturated rings. The van der Waals surface area contributed by atoms with Gasteiger partial charge in [0.25, 0.3) is 11.6 Å². The summed E-state index contributed by atoms with van der Waals surface area (Å²) in [6, 6.07) is 18.1. The van der Waals surface area contributed by atoms with Crippen molar-refractivity contribution in [3.05, 3.63) is 88.1 Å². The normalized spacial score (nSPS) is 11.7. The van der Waals surface area contributed by atoms with Crippen LogP contribution in [-0.2, 0) is 6.54 Å². The van der Waals surface area contributed by atoms with Crippen LogP contribution in [0.3, 0.4) is 0 Å². The fraction of sp³-hybridized carbons (Fsp3) is 0.154. The molecular formula is C26H22N4O7. The topological polar surface area (TPSA) is 127 Å². The first-order valence-corrected chi connectivity index (χ1v) is 11.2. The largest absolute Gasteiger partial charge is 0.497 e. The number of ether oxygens (including phenoxy) is 4. The third kappa shape index (κ3) is 4.74. The van der Waals surface area contributed by atoms with Gasteiger partial charge in [0.1, 0.15) is 17.2 Å². The third-order valence-electron chi connectivity index (χ3n) is 5.82. The molecule has 0 spiro atoms. The number of non-ortho nitro benzene ring substituents is 1. The predicted octanol–water partition coefficient (Wildman–Crippen LogP) is 4.12. The van der Waals surface area contributed by atoms with Gasteiger partial charge in [0.15, 0.2) is 11.5 Å². The maximum Gasteiger partial charge on any atom is 0.270 e. The van der Waals surface area contributed by atoms with E-state index >= 15 is 0 Å². The van der Waals surface area contributed by atoms with Crippen LogP contribution in [0.15, 0.2) is 66.7 Å². The smallest absolute Gasteiger partial charge is 0.270 e. The molecule has 0 atom stereocenters. The van der Waals surface area contributed by atoms with Gasteiger partial charge in [-0.25, -0.2) is 4.68 Å². The lowest BCUT2D eigenvalue weighted by molar-refractivity contribution is -0.384. The predicted molar refractivity (Wildman–Crippen MR) is 132 cm³/mol. The number of nitrogens with zero attached hydrogens (tertiary/aromatic N) is 3. The maximum atomic E-state index is 13.3. The van der Waals surface area contributed by atoms with Gasteiger partial charge in [0.05, 0.1) is 30.5 Å². The average molecular weight is 502 g/mol. The van der Waals surface area contributed by atoms with E-state index in [1.165, 1.54) is 36.1 Å². The van der Waals surface area contributed by atoms with Gasteiger partial charge >= 0.3 is 0 Å². The Labute approximate surface area is 211 Å². The zero-order chi connectivity index (χ0) is 25.9. The number of rotatable bonds is 8. The average Bonchev–Trinajstić information content (AvgIpc) is 3.58. The van der Waals surface area contributed by atoms with Crippen LogP contribution in [0.2, 0.25) is 0 Å². The summed E-state index contributed by atoms with van der Waals surface area (Å²) in [6.07, 6.45) is 0. The van der Waals surface area contributed by atoms with E-state index in [0.29, 0.717) is 39.9 Å². The van der Waals surface area contributed by atoms with Gasteiger partial charge in [0.2, 0.25) is 6.79 Å². The highest BCUT2D eigenvalue weighted by atomic mass is 16.7. The van der Waals surface area contributed by atoms with Gasteiger partial charge in [-0.1, -0.05) is 6.07 Å². The number of nitro benzene ring substituents is 1. The summed E-state index contributed by atoms with van der Waals surface area (Å²) in [5.74, 6) is 2.01. The molecule has 188 valence electrons. The van der Waals surface area contributed by atoms with E-state index in [1.807, 2.05) is 12.1 Å². The van der Waals surface area contributed by atoms with Crippen molar-refractivity contribution in [2.24, 2.45) is 0 Å². The molecule has 0 bridgehead atoms. The number of hydrogen-bond acceptors (Lipinski definition) is 8. The molecule has 1 N–H and O–H groups in total. The van der Waals surface area contributed by atoms with Crippen LogP contribution in [0.1, 0.15) is 16.1 Å². The molecule has 0 radical (unpaired) electrons. The Kier molecular flexibility index (Phi) is 6.33. The first kappa shape index (κ1) is 23.7. The number of hydrogen-bond donors (Lipinski definition) is 1. The van der Waals surface area contributed by atoms with E-state index in [9.17, 15) is 14.9 Å². The van der Waals surface area contributed by atoms with Crippen molar-refractivity contribution >= 4 is 11.6 Å². The second kappa shape index (κ2) is 9.90. The zero-order valence-electron chi connectivity index (χ0n) is 20.0. The molecule has 11 nitrogen and oxygen atoms in total. The summed E-state index contributed by atoms with van der Waals surface area (Å²) in [5, 5.41) is 18.6. The molecule has 0 unspecified atom stereocenters. The lowest BCUT2D eigenvalue weighted by atomic mass is 10.1. The number of methoxy groups -OCH3 is 2. The molecular weight excluding hydrogens is 480 g/mol. The van der Waals surface area contributed by atoms with Crippen molar-refractivity contribution < 1.29 is 28.7 Å². The lowest BCUT2D eigenvalue weighted by Crippen LogP contribution is -2.25. The number of fused-ring (bicyclic) bond motifs is 1. The summed E-state index contributed by atoms with van der Waals surface area (Å²) in [6.45, 7) is 0.402. The Morgan fingerprint density at radius 2 is 1.81 bits per heavy atom. The molecule has 0 saturated heterocycles. The number of benzene rings is 3. The number of nitro groups is 1. The van der Waals surface area contributed by atoms with Crippen LogP contribution >= 0.6 is 0 Å². The minimum Gasteiger partial charge on any atom is -0.497 e. The van der Waals surface area contributed by atoms with Crippen molar-refractivity contribution in [2.45, 2.75) is 6.54 Å². The summed E-state index contributed by atoms with van der Waals surface area (Å²) in [7, 11) is 3.09. The highest BCUT2D eigenvalue weighted by molar-refractivity contribution is 5.94. The molecule has 5 rings (SSSR count). The van der Waals surface area contributed by atoms with E-state index in [2.05, 4.69) is 10.4 Å². The number of amides is 1. The molecule has 3 aromatic carbocycles. The Balaban J connectivity index is 1.49. The first-order valence-electron chi connectivity index (χ1n) is 11.2. The van der Waals surface area contributed by atoms with Crippen LogP contribution in [0.25, 0.3) is 16.9 Å². The fourth-order valence-electron chi connectivity index (χ4n) is 3.92. The monoisotopic (exact) mass is 502 g/mol. The molecule has 0 aliphatic carbocycles. The molecule has 37 heavy (non-hydrogen) atoms. The van der Waals surface area contributed by atoms with E-state index in [0.717, 1.165) is 5.56 Å². The molecule has 11 heteroatoms. The number of carbonyl (C=O) groups excluding carboxylic acids is 1. The van der Waals surface area contributed by atoms with Crippen molar-refractivity contribution in [2.75, 3.05) is 21.0 Å². The van der Waals surface area contributed by atoms with E-state index in [-0.39, 0.29) is 30.6 Å². The summed E-state index contributed by atoms with van der Waals surface area (Å²) < 4.78 is 23.0. The number of carbonyl (C=O) groups is 1. The molecule has 1 aliphatic rings. The Morgan fingerprint density at radius 1 is 1.03 bits per heavy atom. The van der Waals surface area contributed by atoms with E-state index in [4.69, 9.17) is 18.9 Å². The summed E-state index contributed by atoms with van der Waals surface area (Å²) >= 11 is 0. The molecule has 1 aliphatic heterocycles. The van der Waals surface area contributed by atoms with Gasteiger partial charge in [-0.3, -0.25) is 14.9 Å². The van der Waals surface area contributed by atoms with Crippen LogP contribution in [0, 0.1) is 10.1 Å². The van der Waals surface area contributed by atoms with Gasteiger partial charge in [-0.15, -0.1) is 0 Å². The molecule has 1 aromatic heterocycles. The van der Waals surface area contributed by atoms with Gasteiger partial charge in [-0.05, 0) is 48.0 Å². The second-order valence-corrected chi connectivity index (χ2v) is 8.04. The summed E-state index contributed by atoms with van der Waals surface area (Å²) in [4.78, 5) is 24.0. The van der Waals surface area contributed by atoms with Crippen LogP contribution < -0.4 is 24.3 Å². The van der Waals surface area contributed by atoms with Gasteiger partial charge in [0, 0.05) is 30.3 Å². The summed E-state index contributed by atoms with van der Waals surface area (Å²) in [5.41, 5.74) is 2.61. The minimum absolute atomic E-state index is 0.0678. The van der Waals surface area contributed by atoms with Crippen LogP contribution in [0.5, 0.6) is 23.0 Å². The standard InChI is InChI=1S/C26H22N4O7/c1-34-19-8-9-20(24(12-19)35-2)21-13-22(29(28-21)17-4-6-18(7-5-17)30(32)33)26(31)27-14-16-3-10-23-25(11-16)37-15-36-23/h3-13H,14-15H2,1-2H3,(H,27,31). The van der Waals surface area contributed by atoms with E-state index < -0.39 is 4.92 Å². The molecule has 4 aromatic rings.